The molecule has 0 radical (unpaired) electrons. The number of aromatic nitrogens is 2. The molecule has 0 spiro atoms. The van der Waals surface area contributed by atoms with Gasteiger partial charge < -0.3 is 9.72 Å². The number of nitrogens with zero attached hydrogens (tertiary/aromatic N) is 2. The molecule has 0 aliphatic rings. The second-order valence-electron chi connectivity index (χ2n) is 3.29. The van der Waals surface area contributed by atoms with E-state index in [1.807, 2.05) is 6.07 Å². The van der Waals surface area contributed by atoms with Crippen LogP contribution in [0.25, 0.3) is 10.6 Å². The molecule has 0 aromatic carbocycles. The van der Waals surface area contributed by atoms with Gasteiger partial charge in [-0.25, -0.2) is 4.98 Å². The van der Waals surface area contributed by atoms with E-state index in [-0.39, 0.29) is 0 Å². The fraction of sp³-hybridized carbons (Fsp3) is 0.182. The predicted octanol–water partition coefficient (Wildman–Crippen LogP) is 2.89. The third kappa shape index (κ3) is 2.77. The largest absolute Gasteiger partial charge is 0.377 e. The maximum absolute atomic E-state index is 8.79. The van der Waals surface area contributed by atoms with Gasteiger partial charge in [-0.05, 0) is 18.2 Å². The average Bonchev–Trinajstić information content (AvgIpc) is 2.77. The smallest absolute Gasteiger partial charge is 0.134 e. The quantitative estimate of drug-likeness (QED) is 0.865. The van der Waals surface area contributed by atoms with Gasteiger partial charge in [0, 0.05) is 7.11 Å². The molecule has 0 fully saturated rings. The standard InChI is InChI=1S/C11H9N3OS2/c1-15-6-10-13-8(4-11(16)14-10)9-3-2-7(5-12)17-9/h2-4H,6H2,1H3,(H,13,14,16). The predicted molar refractivity (Wildman–Crippen MR) is 68.2 cm³/mol. The number of rotatable bonds is 3. The average molecular weight is 263 g/mol. The van der Waals surface area contributed by atoms with E-state index in [0.717, 1.165) is 10.6 Å². The molecule has 2 rings (SSSR count). The van der Waals surface area contributed by atoms with Crippen LogP contribution in [0.1, 0.15) is 10.7 Å². The molecule has 4 nitrogen and oxygen atoms in total. The molecule has 2 heterocycles. The zero-order chi connectivity index (χ0) is 12.3. The molecule has 1 N–H and O–H groups in total. The van der Waals surface area contributed by atoms with Crippen LogP contribution in [0, 0.1) is 16.0 Å². The van der Waals surface area contributed by atoms with Crippen molar-refractivity contribution in [2.75, 3.05) is 7.11 Å². The Morgan fingerprint density at radius 1 is 1.59 bits per heavy atom. The minimum absolute atomic E-state index is 0.383. The molecule has 0 atom stereocenters. The first-order chi connectivity index (χ1) is 8.22. The number of nitrogens with one attached hydrogen (secondary N) is 1. The normalized spacial score (nSPS) is 10.1. The molecule has 17 heavy (non-hydrogen) atoms. The van der Waals surface area contributed by atoms with Crippen molar-refractivity contribution in [2.24, 2.45) is 0 Å². The first-order valence-electron chi connectivity index (χ1n) is 4.82. The molecule has 86 valence electrons. The Labute approximate surface area is 108 Å². The van der Waals surface area contributed by atoms with Crippen LogP contribution in [0.3, 0.4) is 0 Å². The summed E-state index contributed by atoms with van der Waals surface area (Å²) >= 11 is 6.50. The number of aromatic amines is 1. The fourth-order valence-corrected chi connectivity index (χ4v) is 2.39. The van der Waals surface area contributed by atoms with Crippen molar-refractivity contribution in [2.45, 2.75) is 6.61 Å². The highest BCUT2D eigenvalue weighted by Gasteiger charge is 2.05. The van der Waals surface area contributed by atoms with Gasteiger partial charge >= 0.3 is 0 Å². The van der Waals surface area contributed by atoms with E-state index in [9.17, 15) is 0 Å². The van der Waals surface area contributed by atoms with Crippen molar-refractivity contribution < 1.29 is 4.74 Å². The minimum Gasteiger partial charge on any atom is -0.377 e. The Bertz CT molecular complexity index is 624. The Hall–Kier alpha value is -1.55. The van der Waals surface area contributed by atoms with Gasteiger partial charge in [-0.15, -0.1) is 11.3 Å². The third-order valence-electron chi connectivity index (χ3n) is 2.05. The molecule has 0 amide bonds. The number of methoxy groups -OCH3 is 1. The molecule has 2 aromatic heterocycles. The second-order valence-corrected chi connectivity index (χ2v) is 4.79. The molecular formula is C11H9N3OS2. The van der Waals surface area contributed by atoms with Crippen molar-refractivity contribution in [3.05, 3.63) is 33.5 Å². The first-order valence-corrected chi connectivity index (χ1v) is 6.05. The van der Waals surface area contributed by atoms with E-state index in [1.165, 1.54) is 11.3 Å². The van der Waals surface area contributed by atoms with E-state index in [2.05, 4.69) is 16.0 Å². The van der Waals surface area contributed by atoms with Crippen LogP contribution in [0.2, 0.25) is 0 Å². The number of H-pyrrole nitrogens is 1. The van der Waals surface area contributed by atoms with E-state index < -0.39 is 0 Å². The lowest BCUT2D eigenvalue weighted by atomic mass is 10.3. The van der Waals surface area contributed by atoms with Crippen LogP contribution in [0.15, 0.2) is 18.2 Å². The Balaban J connectivity index is 2.45. The highest BCUT2D eigenvalue weighted by molar-refractivity contribution is 7.71. The zero-order valence-electron chi connectivity index (χ0n) is 9.06. The maximum Gasteiger partial charge on any atom is 0.134 e. The van der Waals surface area contributed by atoms with Crippen molar-refractivity contribution >= 4 is 23.6 Å². The van der Waals surface area contributed by atoms with Gasteiger partial charge in [0.25, 0.3) is 0 Å². The fourth-order valence-electron chi connectivity index (χ4n) is 1.39. The Morgan fingerprint density at radius 2 is 2.41 bits per heavy atom. The van der Waals surface area contributed by atoms with Crippen molar-refractivity contribution in [3.63, 3.8) is 0 Å². The van der Waals surface area contributed by atoms with Gasteiger partial charge in [0.1, 0.15) is 28.0 Å². The molecular weight excluding hydrogens is 254 g/mol. The molecule has 0 aliphatic heterocycles. The monoisotopic (exact) mass is 263 g/mol. The topological polar surface area (TPSA) is 61.7 Å². The van der Waals surface area contributed by atoms with Crippen molar-refractivity contribution in [1.29, 1.82) is 5.26 Å². The van der Waals surface area contributed by atoms with Gasteiger partial charge in [-0.2, -0.15) is 5.26 Å². The summed E-state index contributed by atoms with van der Waals surface area (Å²) < 4.78 is 5.52. The van der Waals surface area contributed by atoms with Crippen molar-refractivity contribution in [3.8, 4) is 16.6 Å². The van der Waals surface area contributed by atoms with Gasteiger partial charge in [-0.3, -0.25) is 0 Å². The molecule has 0 saturated heterocycles. The van der Waals surface area contributed by atoms with Crippen LogP contribution in [0.5, 0.6) is 0 Å². The number of hydrogen-bond acceptors (Lipinski definition) is 5. The minimum atomic E-state index is 0.383. The number of ether oxygens (including phenoxy) is 1. The molecule has 0 aliphatic carbocycles. The summed E-state index contributed by atoms with van der Waals surface area (Å²) in [5.74, 6) is 0.682. The zero-order valence-corrected chi connectivity index (χ0v) is 10.7. The number of thiophene rings is 1. The van der Waals surface area contributed by atoms with Gasteiger partial charge in [0.05, 0.1) is 10.6 Å². The van der Waals surface area contributed by atoms with Crippen molar-refractivity contribution in [1.82, 2.24) is 9.97 Å². The van der Waals surface area contributed by atoms with E-state index in [4.69, 9.17) is 22.2 Å². The maximum atomic E-state index is 8.79. The summed E-state index contributed by atoms with van der Waals surface area (Å²) in [6, 6.07) is 7.56. The highest BCUT2D eigenvalue weighted by atomic mass is 32.1. The van der Waals surface area contributed by atoms with E-state index in [0.29, 0.717) is 21.9 Å². The van der Waals surface area contributed by atoms with Crippen LogP contribution < -0.4 is 0 Å². The Kier molecular flexibility index (Phi) is 3.64. The van der Waals surface area contributed by atoms with Crippen LogP contribution >= 0.6 is 23.6 Å². The summed E-state index contributed by atoms with van der Waals surface area (Å²) in [4.78, 5) is 8.92. The van der Waals surface area contributed by atoms with Gasteiger partial charge in [0.2, 0.25) is 0 Å². The lowest BCUT2D eigenvalue weighted by Gasteiger charge is -2.03. The first kappa shape index (κ1) is 11.9. The van der Waals surface area contributed by atoms with E-state index >= 15 is 0 Å². The molecule has 6 heteroatoms. The molecule has 0 unspecified atom stereocenters. The van der Waals surface area contributed by atoms with Gasteiger partial charge in [0.15, 0.2) is 0 Å². The lowest BCUT2D eigenvalue weighted by Crippen LogP contribution is -1.98. The molecule has 0 bridgehead atoms. The van der Waals surface area contributed by atoms with Crippen LogP contribution in [-0.2, 0) is 11.3 Å². The number of nitriles is 1. The summed E-state index contributed by atoms with van der Waals surface area (Å²) in [6.45, 7) is 0.383. The molecule has 2 aromatic rings. The SMILES string of the molecule is COCc1nc(=S)cc(-c2ccc(C#N)s2)[nH]1. The summed E-state index contributed by atoms with van der Waals surface area (Å²) in [5.41, 5.74) is 0.864. The Morgan fingerprint density at radius 3 is 3.06 bits per heavy atom. The van der Waals surface area contributed by atoms with Crippen LogP contribution in [-0.4, -0.2) is 17.1 Å². The lowest BCUT2D eigenvalue weighted by molar-refractivity contribution is 0.178. The second kappa shape index (κ2) is 5.19. The summed E-state index contributed by atoms with van der Waals surface area (Å²) in [6.07, 6.45) is 0. The number of hydrogen-bond donors (Lipinski definition) is 1. The summed E-state index contributed by atoms with van der Waals surface area (Å²) in [7, 11) is 1.60. The third-order valence-corrected chi connectivity index (χ3v) is 3.29. The summed E-state index contributed by atoms with van der Waals surface area (Å²) in [5, 5.41) is 8.79. The molecule has 0 saturated carbocycles. The highest BCUT2D eigenvalue weighted by Crippen LogP contribution is 2.26. The van der Waals surface area contributed by atoms with E-state index in [1.54, 1.807) is 19.2 Å². The van der Waals surface area contributed by atoms with Crippen LogP contribution in [0.4, 0.5) is 0 Å². The van der Waals surface area contributed by atoms with Gasteiger partial charge in [-0.1, -0.05) is 12.2 Å².